The fourth-order valence-electron chi connectivity index (χ4n) is 2.34. The van der Waals surface area contributed by atoms with Gasteiger partial charge in [0.15, 0.2) is 11.6 Å². The smallest absolute Gasteiger partial charge is 0.165 e. The highest BCUT2D eigenvalue weighted by molar-refractivity contribution is 5.98. The second-order valence-electron chi connectivity index (χ2n) is 4.32. The molecule has 2 atom stereocenters. The van der Waals surface area contributed by atoms with E-state index in [4.69, 9.17) is 4.74 Å². The summed E-state index contributed by atoms with van der Waals surface area (Å²) in [6.07, 6.45) is 3.64. The van der Waals surface area contributed by atoms with Gasteiger partial charge in [0.2, 0.25) is 0 Å². The van der Waals surface area contributed by atoms with Crippen molar-refractivity contribution in [1.82, 2.24) is 0 Å². The third-order valence-corrected chi connectivity index (χ3v) is 3.24. The fourth-order valence-corrected chi connectivity index (χ4v) is 2.34. The van der Waals surface area contributed by atoms with E-state index < -0.39 is 5.60 Å². The molecule has 14 heavy (non-hydrogen) atoms. The Hall–Kier alpha value is -0.960. The molecule has 0 bridgehead atoms. The number of Topliss-reactive ketones (excluding diaryl/α,β-unsaturated/α-hetero) is 1. The van der Waals surface area contributed by atoms with E-state index in [1.54, 1.807) is 12.2 Å². The van der Waals surface area contributed by atoms with Crippen molar-refractivity contribution in [2.75, 3.05) is 6.61 Å². The van der Waals surface area contributed by atoms with E-state index in [2.05, 4.69) is 0 Å². The molecule has 1 aliphatic heterocycles. The minimum Gasteiger partial charge on any atom is -0.362 e. The molecule has 0 radical (unpaired) electrons. The van der Waals surface area contributed by atoms with Gasteiger partial charge in [0.05, 0.1) is 11.5 Å². The van der Waals surface area contributed by atoms with Gasteiger partial charge in [-0.1, -0.05) is 13.8 Å². The maximum absolute atomic E-state index is 11.6. The molecule has 0 aromatic rings. The largest absolute Gasteiger partial charge is 0.362 e. The van der Waals surface area contributed by atoms with Crippen molar-refractivity contribution in [2.45, 2.75) is 25.9 Å². The van der Waals surface area contributed by atoms with Gasteiger partial charge in [-0.25, -0.2) is 0 Å². The lowest BCUT2D eigenvalue weighted by Gasteiger charge is -2.36. The predicted molar refractivity (Wildman–Crippen MR) is 50.8 cm³/mol. The first-order valence-corrected chi connectivity index (χ1v) is 4.95. The normalized spacial score (nSPS) is 36.6. The van der Waals surface area contributed by atoms with Crippen molar-refractivity contribution in [1.29, 1.82) is 0 Å². The van der Waals surface area contributed by atoms with Gasteiger partial charge in [0.1, 0.15) is 6.61 Å². The zero-order chi connectivity index (χ0) is 10.3. The molecule has 1 fully saturated rings. The van der Waals surface area contributed by atoms with Crippen molar-refractivity contribution in [2.24, 2.45) is 11.8 Å². The average molecular weight is 194 g/mol. The summed E-state index contributed by atoms with van der Waals surface area (Å²) in [4.78, 5) is 22.8. The Bertz CT molecular complexity index is 316. The molecule has 0 amide bonds. The van der Waals surface area contributed by atoms with Crippen molar-refractivity contribution >= 4 is 11.6 Å². The van der Waals surface area contributed by atoms with Gasteiger partial charge in [-0.15, -0.1) is 0 Å². The Balaban J connectivity index is 2.41. The van der Waals surface area contributed by atoms with Crippen LogP contribution in [-0.2, 0) is 14.3 Å². The van der Waals surface area contributed by atoms with Crippen molar-refractivity contribution in [3.63, 3.8) is 0 Å². The number of ether oxygens (including phenoxy) is 1. The van der Waals surface area contributed by atoms with Gasteiger partial charge in [0, 0.05) is 6.42 Å². The third-order valence-electron chi connectivity index (χ3n) is 3.24. The van der Waals surface area contributed by atoms with Crippen LogP contribution >= 0.6 is 0 Å². The maximum Gasteiger partial charge on any atom is 0.165 e. The number of allylic oxidation sites excluding steroid dienone is 1. The first-order valence-electron chi connectivity index (χ1n) is 4.95. The molecule has 1 aliphatic carbocycles. The minimum atomic E-state index is -0.509. The molecule has 0 aromatic carbocycles. The molecule has 1 heterocycles. The molecular weight excluding hydrogens is 180 g/mol. The summed E-state index contributed by atoms with van der Waals surface area (Å²) in [7, 11) is 0. The second kappa shape index (κ2) is 3.02. The lowest BCUT2D eigenvalue weighted by molar-refractivity contribution is -0.125. The molecule has 0 aromatic heterocycles. The van der Waals surface area contributed by atoms with Crippen LogP contribution in [0.1, 0.15) is 20.3 Å². The second-order valence-corrected chi connectivity index (χ2v) is 4.32. The Labute approximate surface area is 83.1 Å². The predicted octanol–water partition coefficient (Wildman–Crippen LogP) is 1.13. The van der Waals surface area contributed by atoms with E-state index in [9.17, 15) is 9.59 Å². The van der Waals surface area contributed by atoms with Crippen molar-refractivity contribution in [3.8, 4) is 0 Å². The van der Waals surface area contributed by atoms with Gasteiger partial charge < -0.3 is 4.74 Å². The molecule has 3 heteroatoms. The summed E-state index contributed by atoms with van der Waals surface area (Å²) < 4.78 is 5.58. The first kappa shape index (κ1) is 9.59. The standard InChI is InChI=1S/C11H14O3/c1-7(2)11-4-3-8(12)5-9(11)10(13)6-14-11/h3-4,7,9H,5-6H2,1-2H3/t9-,11+/m1/s1. The van der Waals surface area contributed by atoms with Gasteiger partial charge in [-0.2, -0.15) is 0 Å². The maximum atomic E-state index is 11.6. The monoisotopic (exact) mass is 194 g/mol. The fraction of sp³-hybridized carbons (Fsp3) is 0.636. The van der Waals surface area contributed by atoms with Gasteiger partial charge in [-0.3, -0.25) is 9.59 Å². The van der Waals surface area contributed by atoms with Crippen LogP contribution in [0.3, 0.4) is 0 Å². The van der Waals surface area contributed by atoms with Crippen LogP contribution in [0, 0.1) is 11.8 Å². The van der Waals surface area contributed by atoms with Crippen LogP contribution in [0.15, 0.2) is 12.2 Å². The molecule has 0 unspecified atom stereocenters. The zero-order valence-electron chi connectivity index (χ0n) is 8.45. The highest BCUT2D eigenvalue weighted by atomic mass is 16.5. The third kappa shape index (κ3) is 1.16. The molecule has 1 saturated heterocycles. The SMILES string of the molecule is CC(C)[C@@]12C=CC(=O)C[C@@H]1C(=O)CO2. The summed E-state index contributed by atoms with van der Waals surface area (Å²) in [5.74, 6) is 0.0739. The molecule has 2 aliphatic rings. The molecular formula is C11H14O3. The van der Waals surface area contributed by atoms with Crippen molar-refractivity contribution < 1.29 is 14.3 Å². The van der Waals surface area contributed by atoms with Crippen LogP contribution < -0.4 is 0 Å². The van der Waals surface area contributed by atoms with E-state index in [0.717, 1.165) is 0 Å². The first-order chi connectivity index (χ1) is 6.56. The van der Waals surface area contributed by atoms with Crippen molar-refractivity contribution in [3.05, 3.63) is 12.2 Å². The Morgan fingerprint density at radius 3 is 2.86 bits per heavy atom. The number of carbonyl (C=O) groups is 2. The number of hydrogen-bond acceptors (Lipinski definition) is 3. The minimum absolute atomic E-state index is 0.0325. The van der Waals surface area contributed by atoms with Crippen LogP contribution in [-0.4, -0.2) is 23.8 Å². The van der Waals surface area contributed by atoms with E-state index in [1.807, 2.05) is 13.8 Å². The van der Waals surface area contributed by atoms with E-state index >= 15 is 0 Å². The summed E-state index contributed by atoms with van der Waals surface area (Å²) in [6.45, 7) is 4.19. The summed E-state index contributed by atoms with van der Waals surface area (Å²) in [6, 6.07) is 0. The van der Waals surface area contributed by atoms with Gasteiger partial charge in [0.25, 0.3) is 0 Å². The topological polar surface area (TPSA) is 43.4 Å². The molecule has 0 saturated carbocycles. The number of carbonyl (C=O) groups excluding carboxylic acids is 2. The number of ketones is 2. The van der Waals surface area contributed by atoms with Crippen LogP contribution in [0.4, 0.5) is 0 Å². The summed E-state index contributed by atoms with van der Waals surface area (Å²) in [5.41, 5.74) is -0.509. The lowest BCUT2D eigenvalue weighted by atomic mass is 9.73. The van der Waals surface area contributed by atoms with E-state index in [0.29, 0.717) is 6.42 Å². The van der Waals surface area contributed by atoms with E-state index in [1.165, 1.54) is 0 Å². The summed E-state index contributed by atoms with van der Waals surface area (Å²) in [5, 5.41) is 0. The highest BCUT2D eigenvalue weighted by Crippen LogP contribution is 2.41. The molecule has 3 nitrogen and oxygen atoms in total. The van der Waals surface area contributed by atoms with Crippen LogP contribution in [0.25, 0.3) is 0 Å². The number of rotatable bonds is 1. The van der Waals surface area contributed by atoms with E-state index in [-0.39, 0.29) is 30.0 Å². The molecule has 0 spiro atoms. The molecule has 76 valence electrons. The molecule has 2 rings (SSSR count). The lowest BCUT2D eigenvalue weighted by Crippen LogP contribution is -2.43. The Kier molecular flexibility index (Phi) is 2.07. The number of hydrogen-bond donors (Lipinski definition) is 0. The Morgan fingerprint density at radius 1 is 1.50 bits per heavy atom. The highest BCUT2D eigenvalue weighted by Gasteiger charge is 2.51. The van der Waals surface area contributed by atoms with Crippen LogP contribution in [0.5, 0.6) is 0 Å². The van der Waals surface area contributed by atoms with Gasteiger partial charge >= 0.3 is 0 Å². The quantitative estimate of drug-likeness (QED) is 0.628. The van der Waals surface area contributed by atoms with Crippen LogP contribution in [0.2, 0.25) is 0 Å². The zero-order valence-corrected chi connectivity index (χ0v) is 8.45. The average Bonchev–Trinajstić information content (AvgIpc) is 2.46. The molecule has 0 N–H and O–H groups in total. The summed E-state index contributed by atoms with van der Waals surface area (Å²) >= 11 is 0. The van der Waals surface area contributed by atoms with Gasteiger partial charge in [-0.05, 0) is 18.1 Å². The number of fused-ring (bicyclic) bond motifs is 1. The Morgan fingerprint density at radius 2 is 2.21 bits per heavy atom.